The van der Waals surface area contributed by atoms with E-state index in [2.05, 4.69) is 25.0 Å². The predicted molar refractivity (Wildman–Crippen MR) is 142 cm³/mol. The summed E-state index contributed by atoms with van der Waals surface area (Å²) in [5.74, 6) is 0.862. The third-order valence-corrected chi connectivity index (χ3v) is 7.63. The molecule has 0 aliphatic carbocycles. The summed E-state index contributed by atoms with van der Waals surface area (Å²) in [6.07, 6.45) is 4.79. The number of aromatic nitrogens is 4. The molecule has 0 aliphatic rings. The van der Waals surface area contributed by atoms with Crippen LogP contribution in [-0.2, 0) is 23.6 Å². The first-order valence-electron chi connectivity index (χ1n) is 10.6. The second kappa shape index (κ2) is 9.25. The van der Waals surface area contributed by atoms with E-state index in [0.29, 0.717) is 38.8 Å². The molecule has 5 aromatic rings. The van der Waals surface area contributed by atoms with Gasteiger partial charge in [-0.3, -0.25) is 4.79 Å². The van der Waals surface area contributed by atoms with Crippen LogP contribution in [0.25, 0.3) is 21.7 Å². The van der Waals surface area contributed by atoms with Crippen LogP contribution in [0, 0.1) is 0 Å². The molecule has 0 unspecified atom stereocenters. The molecule has 13 heteroatoms. The first-order chi connectivity index (χ1) is 17.1. The van der Waals surface area contributed by atoms with Gasteiger partial charge in [-0.2, -0.15) is 0 Å². The van der Waals surface area contributed by atoms with Gasteiger partial charge in [-0.1, -0.05) is 40.8 Å². The molecular formula is C23H17BCl2N6O3S. The lowest BCUT2D eigenvalue weighted by atomic mass is 9.93. The van der Waals surface area contributed by atoms with E-state index in [9.17, 15) is 13.2 Å². The highest BCUT2D eigenvalue weighted by Crippen LogP contribution is 2.37. The average Bonchev–Trinajstić information content (AvgIpc) is 3.25. The van der Waals surface area contributed by atoms with Gasteiger partial charge in [-0.05, 0) is 24.3 Å². The topological polar surface area (TPSA) is 122 Å². The van der Waals surface area contributed by atoms with Crippen molar-refractivity contribution in [2.45, 2.75) is 11.4 Å². The lowest BCUT2D eigenvalue weighted by Crippen LogP contribution is -2.24. The third kappa shape index (κ3) is 4.46. The number of hydrogen-bond donors (Lipinski definition) is 3. The number of nitrogens with one attached hydrogen (secondary N) is 3. The molecule has 0 bridgehead atoms. The molecule has 3 heterocycles. The largest absolute Gasteiger partial charge is 0.337 e. The van der Waals surface area contributed by atoms with Crippen molar-refractivity contribution in [3.63, 3.8) is 0 Å². The monoisotopic (exact) mass is 538 g/mol. The van der Waals surface area contributed by atoms with Gasteiger partial charge in [0.1, 0.15) is 19.5 Å². The van der Waals surface area contributed by atoms with E-state index in [1.807, 2.05) is 0 Å². The Morgan fingerprint density at radius 1 is 1.11 bits per heavy atom. The zero-order valence-electron chi connectivity index (χ0n) is 18.7. The van der Waals surface area contributed by atoms with Gasteiger partial charge < -0.3 is 14.9 Å². The lowest BCUT2D eigenvalue weighted by molar-refractivity contribution is 0.577. The van der Waals surface area contributed by atoms with Crippen LogP contribution in [0.5, 0.6) is 0 Å². The molecule has 5 rings (SSSR count). The minimum Gasteiger partial charge on any atom is -0.337 e. The van der Waals surface area contributed by atoms with Gasteiger partial charge in [0.15, 0.2) is 0 Å². The highest BCUT2D eigenvalue weighted by Gasteiger charge is 2.20. The minimum absolute atomic E-state index is 0.00681. The highest BCUT2D eigenvalue weighted by atomic mass is 35.5. The summed E-state index contributed by atoms with van der Waals surface area (Å²) in [5, 5.41) is 4.67. The maximum absolute atomic E-state index is 12.9. The van der Waals surface area contributed by atoms with E-state index in [4.69, 9.17) is 31.0 Å². The van der Waals surface area contributed by atoms with Crippen LogP contribution in [0.15, 0.2) is 64.7 Å². The Hall–Kier alpha value is -3.38. The molecule has 2 radical (unpaired) electrons. The maximum Gasteiger partial charge on any atom is 0.256 e. The SMILES string of the molecule is [B]c1ccc2nc(Nc3c(Cl)cc(S(=O)(=O)NCc4nccn4C)cc3Cl)c3cc[nH]c(=O)c3c2c1. The summed E-state index contributed by atoms with van der Waals surface area (Å²) in [6, 6.07) is 9.33. The Kier molecular flexibility index (Phi) is 6.25. The summed E-state index contributed by atoms with van der Waals surface area (Å²) in [6.45, 7) is -0.00681. The number of H-pyrrole nitrogens is 1. The molecule has 3 N–H and O–H groups in total. The van der Waals surface area contributed by atoms with E-state index >= 15 is 0 Å². The van der Waals surface area contributed by atoms with Gasteiger partial charge >= 0.3 is 0 Å². The van der Waals surface area contributed by atoms with Gasteiger partial charge in [0.05, 0.1) is 38.1 Å². The van der Waals surface area contributed by atoms with Gasteiger partial charge in [-0.25, -0.2) is 23.1 Å². The second-order valence-corrected chi connectivity index (χ2v) is 10.6. The first-order valence-corrected chi connectivity index (χ1v) is 12.8. The molecule has 0 saturated heterocycles. The normalized spacial score (nSPS) is 11.9. The Morgan fingerprint density at radius 2 is 1.86 bits per heavy atom. The number of imidazole rings is 1. The first kappa shape index (κ1) is 24.3. The number of pyridine rings is 2. The Morgan fingerprint density at radius 3 is 2.56 bits per heavy atom. The fourth-order valence-corrected chi connectivity index (χ4v) is 5.57. The Bertz CT molecular complexity index is 1800. The molecular weight excluding hydrogens is 522 g/mol. The third-order valence-electron chi connectivity index (χ3n) is 5.65. The zero-order chi connectivity index (χ0) is 25.6. The fraction of sp³-hybridized carbons (Fsp3) is 0.0870. The van der Waals surface area contributed by atoms with Crippen LogP contribution in [0.2, 0.25) is 10.0 Å². The lowest BCUT2D eigenvalue weighted by Gasteiger charge is -2.15. The number of nitrogens with zero attached hydrogens (tertiary/aromatic N) is 3. The summed E-state index contributed by atoms with van der Waals surface area (Å²) in [4.78, 5) is 24.0. The number of anilines is 2. The van der Waals surface area contributed by atoms with Crippen molar-refractivity contribution in [1.82, 2.24) is 24.2 Å². The number of fused-ring (bicyclic) bond motifs is 3. The van der Waals surface area contributed by atoms with E-state index < -0.39 is 10.0 Å². The molecule has 0 spiro atoms. The Labute approximate surface area is 216 Å². The molecule has 0 saturated carbocycles. The van der Waals surface area contributed by atoms with Crippen LogP contribution in [0.3, 0.4) is 0 Å². The van der Waals surface area contributed by atoms with E-state index in [1.165, 1.54) is 18.3 Å². The van der Waals surface area contributed by atoms with Crippen molar-refractivity contribution in [3.8, 4) is 0 Å². The number of rotatable bonds is 6. The quantitative estimate of drug-likeness (QED) is 0.225. The number of aryl methyl sites for hydroxylation is 1. The summed E-state index contributed by atoms with van der Waals surface area (Å²) >= 11 is 12.9. The molecule has 36 heavy (non-hydrogen) atoms. The fourth-order valence-electron chi connectivity index (χ4n) is 3.82. The van der Waals surface area contributed by atoms with Crippen LogP contribution in [0.4, 0.5) is 11.5 Å². The van der Waals surface area contributed by atoms with Crippen molar-refractivity contribution < 1.29 is 8.42 Å². The molecule has 0 amide bonds. The molecule has 9 nitrogen and oxygen atoms in total. The van der Waals surface area contributed by atoms with Crippen LogP contribution >= 0.6 is 23.2 Å². The summed E-state index contributed by atoms with van der Waals surface area (Å²) < 4.78 is 29.9. The van der Waals surface area contributed by atoms with Crippen molar-refractivity contribution in [3.05, 3.63) is 81.2 Å². The van der Waals surface area contributed by atoms with E-state index in [1.54, 1.807) is 48.3 Å². The van der Waals surface area contributed by atoms with Crippen molar-refractivity contribution in [2.24, 2.45) is 7.05 Å². The van der Waals surface area contributed by atoms with Crippen LogP contribution < -0.4 is 21.1 Å². The molecule has 0 aliphatic heterocycles. The molecule has 3 aromatic heterocycles. The number of sulfonamides is 1. The second-order valence-electron chi connectivity index (χ2n) is 8.00. The van der Waals surface area contributed by atoms with Gasteiger partial charge in [0.2, 0.25) is 10.0 Å². The number of benzene rings is 2. The van der Waals surface area contributed by atoms with E-state index in [0.717, 1.165) is 0 Å². The van der Waals surface area contributed by atoms with Crippen molar-refractivity contribution in [2.75, 3.05) is 5.32 Å². The van der Waals surface area contributed by atoms with Gasteiger partial charge in [0.25, 0.3) is 5.56 Å². The highest BCUT2D eigenvalue weighted by molar-refractivity contribution is 7.89. The molecule has 180 valence electrons. The average molecular weight is 539 g/mol. The smallest absolute Gasteiger partial charge is 0.256 e. The number of hydrogen-bond acceptors (Lipinski definition) is 6. The molecule has 0 fully saturated rings. The number of halogens is 2. The molecule has 0 atom stereocenters. The summed E-state index contributed by atoms with van der Waals surface area (Å²) in [5.41, 5.74) is 0.950. The van der Waals surface area contributed by atoms with Crippen molar-refractivity contribution in [1.29, 1.82) is 0 Å². The minimum atomic E-state index is -3.93. The van der Waals surface area contributed by atoms with E-state index in [-0.39, 0.29) is 32.7 Å². The predicted octanol–water partition coefficient (Wildman–Crippen LogP) is 3.13. The van der Waals surface area contributed by atoms with Crippen LogP contribution in [0.1, 0.15) is 5.82 Å². The zero-order valence-corrected chi connectivity index (χ0v) is 21.0. The Balaban J connectivity index is 1.54. The van der Waals surface area contributed by atoms with Gasteiger partial charge in [0, 0.05) is 36.4 Å². The van der Waals surface area contributed by atoms with Crippen LogP contribution in [-0.4, -0.2) is 35.8 Å². The standard InChI is InChI=1S/C23H17BCl2N6O3S/c1-32-7-6-27-19(32)11-29-36(34,35)13-9-16(25)21(17(26)10-13)31-22-14-4-5-28-23(33)20(14)15-8-12(24)2-3-18(15)30-22/h2-10,29H,11H2,1H3,(H,28,33)(H,30,31). The number of aromatic amines is 1. The summed E-state index contributed by atoms with van der Waals surface area (Å²) in [7, 11) is 3.75. The van der Waals surface area contributed by atoms with Crippen molar-refractivity contribution >= 4 is 79.7 Å². The molecule has 2 aromatic carbocycles. The van der Waals surface area contributed by atoms with Gasteiger partial charge in [-0.15, -0.1) is 0 Å². The maximum atomic E-state index is 12.9.